The maximum absolute atomic E-state index is 14.3. The quantitative estimate of drug-likeness (QED) is 0.352. The third-order valence-corrected chi connectivity index (χ3v) is 7.08. The van der Waals surface area contributed by atoms with Crippen LogP contribution in [-0.2, 0) is 25.9 Å². The fraction of sp³-hybridized carbons (Fsp3) is 0.238. The van der Waals surface area contributed by atoms with Crippen LogP contribution in [0.25, 0.3) is 0 Å². The van der Waals surface area contributed by atoms with Crippen LogP contribution < -0.4 is 10.1 Å². The van der Waals surface area contributed by atoms with Crippen molar-refractivity contribution in [2.24, 2.45) is 0 Å². The molecule has 10 nitrogen and oxygen atoms in total. The number of ether oxygens (including phenoxy) is 1. The number of hydrogen-bond acceptors (Lipinski definition) is 9. The van der Waals surface area contributed by atoms with Crippen molar-refractivity contribution >= 4 is 31.3 Å². The zero-order valence-electron chi connectivity index (χ0n) is 19.5. The van der Waals surface area contributed by atoms with Gasteiger partial charge in [0.25, 0.3) is 11.8 Å². The number of pyridine rings is 1. The molecule has 0 aliphatic carbocycles. The van der Waals surface area contributed by atoms with Crippen LogP contribution in [0.2, 0.25) is 0 Å². The summed E-state index contributed by atoms with van der Waals surface area (Å²) >= 11 is 0. The monoisotopic (exact) mass is 562 g/mol. The third-order valence-electron chi connectivity index (χ3n) is 4.88. The molecule has 37 heavy (non-hydrogen) atoms. The van der Waals surface area contributed by atoms with Gasteiger partial charge in [0.1, 0.15) is 10.5 Å². The van der Waals surface area contributed by atoms with E-state index in [0.717, 1.165) is 31.6 Å². The van der Waals surface area contributed by atoms with E-state index < -0.39 is 71.2 Å². The Labute approximate surface area is 208 Å². The average Bonchev–Trinajstić information content (AvgIpc) is 2.74. The molecule has 16 heteroatoms. The van der Waals surface area contributed by atoms with Gasteiger partial charge >= 0.3 is 6.18 Å². The van der Waals surface area contributed by atoms with E-state index in [1.54, 1.807) is 0 Å². The number of nitrogens with one attached hydrogen (secondary N) is 1. The first-order chi connectivity index (χ1) is 16.9. The van der Waals surface area contributed by atoms with Crippen molar-refractivity contribution in [3.8, 4) is 11.8 Å². The topological polar surface area (TPSA) is 145 Å². The Morgan fingerprint density at radius 2 is 1.62 bits per heavy atom. The Balaban J connectivity index is 2.12. The second-order valence-electron chi connectivity index (χ2n) is 7.88. The van der Waals surface area contributed by atoms with E-state index in [4.69, 9.17) is 4.74 Å². The number of aryl methyl sites for hydroxylation is 1. The van der Waals surface area contributed by atoms with E-state index in [0.29, 0.717) is 0 Å². The first-order valence-electron chi connectivity index (χ1n) is 10.0. The average molecular weight is 563 g/mol. The first-order valence-corrected chi connectivity index (χ1v) is 13.8. The molecule has 1 N–H and O–H groups in total. The van der Waals surface area contributed by atoms with Gasteiger partial charge in [0.2, 0.25) is 11.8 Å². The largest absolute Gasteiger partial charge is 0.435 e. The zero-order chi connectivity index (χ0) is 27.9. The molecule has 1 amide bonds. The molecular formula is C21H18F4N4O6S2. The van der Waals surface area contributed by atoms with Gasteiger partial charge in [-0.25, -0.2) is 16.8 Å². The Morgan fingerprint density at radius 1 is 0.973 bits per heavy atom. The summed E-state index contributed by atoms with van der Waals surface area (Å²) in [5.41, 5.74) is -3.05. The van der Waals surface area contributed by atoms with Gasteiger partial charge in [0.05, 0.1) is 4.90 Å². The summed E-state index contributed by atoms with van der Waals surface area (Å²) in [7, 11) is -7.66. The summed E-state index contributed by atoms with van der Waals surface area (Å²) in [5.74, 6) is -3.98. The fourth-order valence-corrected chi connectivity index (χ4v) is 4.52. The van der Waals surface area contributed by atoms with Gasteiger partial charge in [-0.15, -0.1) is 10.2 Å². The minimum Gasteiger partial charge on any atom is -0.418 e. The summed E-state index contributed by atoms with van der Waals surface area (Å²) < 4.78 is 107. The van der Waals surface area contributed by atoms with Crippen LogP contribution in [-0.4, -0.2) is 50.4 Å². The molecular weight excluding hydrogens is 544 g/mol. The van der Waals surface area contributed by atoms with Crippen LogP contribution in [0.15, 0.2) is 40.1 Å². The number of carbonyl (C=O) groups excluding carboxylic acids is 1. The highest BCUT2D eigenvalue weighted by atomic mass is 32.2. The van der Waals surface area contributed by atoms with E-state index in [9.17, 15) is 39.2 Å². The number of sulfone groups is 2. The van der Waals surface area contributed by atoms with Crippen molar-refractivity contribution in [3.63, 3.8) is 0 Å². The lowest BCUT2D eigenvalue weighted by Gasteiger charge is -2.16. The Morgan fingerprint density at radius 3 is 2.19 bits per heavy atom. The van der Waals surface area contributed by atoms with Crippen LogP contribution in [0.4, 0.5) is 23.2 Å². The molecule has 0 unspecified atom stereocenters. The van der Waals surface area contributed by atoms with Crippen LogP contribution in [0, 0.1) is 19.8 Å². The van der Waals surface area contributed by atoms with Gasteiger partial charge in [-0.3, -0.25) is 4.79 Å². The standard InChI is InChI=1S/C21H18F4N4O6S2/c1-10-8-14(37(4,33)34)17(22)27-19(10)35-20-15(11(2)16(28-29-20)21(23,24)25)18(30)26-12-6-5-7-13(9-12)36(3,31)32/h5-9H,1-4H3,(H,26,30). The zero-order valence-corrected chi connectivity index (χ0v) is 21.1. The number of alkyl halides is 3. The molecule has 0 atom stereocenters. The number of halogens is 4. The van der Waals surface area contributed by atoms with Crippen LogP contribution >= 0.6 is 0 Å². The molecule has 1 aromatic carbocycles. The van der Waals surface area contributed by atoms with Gasteiger partial charge in [0.15, 0.2) is 25.4 Å². The number of nitrogens with zero attached hydrogens (tertiary/aromatic N) is 3. The molecule has 0 fully saturated rings. The lowest BCUT2D eigenvalue weighted by Crippen LogP contribution is -2.21. The van der Waals surface area contributed by atoms with Crippen LogP contribution in [0.3, 0.4) is 0 Å². The number of anilines is 1. The molecule has 0 saturated heterocycles. The highest BCUT2D eigenvalue weighted by molar-refractivity contribution is 7.91. The molecule has 0 radical (unpaired) electrons. The summed E-state index contributed by atoms with van der Waals surface area (Å²) in [6.45, 7) is 2.22. The van der Waals surface area contributed by atoms with Gasteiger partial charge in [-0.1, -0.05) is 6.07 Å². The number of carbonyl (C=O) groups is 1. The van der Waals surface area contributed by atoms with Crippen molar-refractivity contribution in [1.82, 2.24) is 15.2 Å². The molecule has 0 aliphatic rings. The molecule has 0 aliphatic heterocycles. The van der Waals surface area contributed by atoms with Gasteiger partial charge < -0.3 is 10.1 Å². The van der Waals surface area contributed by atoms with Crippen molar-refractivity contribution in [3.05, 3.63) is 58.7 Å². The van der Waals surface area contributed by atoms with E-state index in [-0.39, 0.29) is 16.1 Å². The van der Waals surface area contributed by atoms with E-state index in [2.05, 4.69) is 20.5 Å². The van der Waals surface area contributed by atoms with E-state index in [1.165, 1.54) is 25.1 Å². The Bertz CT molecular complexity index is 1620. The molecule has 3 rings (SSSR count). The van der Waals surface area contributed by atoms with Gasteiger partial charge in [-0.2, -0.15) is 22.5 Å². The maximum Gasteiger partial charge on any atom is 0.435 e. The predicted octanol–water partition coefficient (Wildman–Crippen LogP) is 3.50. The van der Waals surface area contributed by atoms with Crippen molar-refractivity contribution in [1.29, 1.82) is 0 Å². The second kappa shape index (κ2) is 9.66. The summed E-state index contributed by atoms with van der Waals surface area (Å²) in [5, 5.41) is 8.69. The summed E-state index contributed by atoms with van der Waals surface area (Å²) in [4.78, 5) is 15.6. The Hall–Kier alpha value is -3.66. The number of hydrogen-bond donors (Lipinski definition) is 1. The van der Waals surface area contributed by atoms with Crippen molar-refractivity contribution < 1.29 is 43.9 Å². The predicted molar refractivity (Wildman–Crippen MR) is 121 cm³/mol. The summed E-state index contributed by atoms with van der Waals surface area (Å²) in [6.07, 6.45) is -3.33. The molecule has 2 aromatic heterocycles. The molecule has 0 saturated carbocycles. The highest BCUT2D eigenvalue weighted by Gasteiger charge is 2.38. The van der Waals surface area contributed by atoms with Gasteiger partial charge in [-0.05, 0) is 43.7 Å². The van der Waals surface area contributed by atoms with Crippen LogP contribution in [0.5, 0.6) is 11.8 Å². The number of benzene rings is 1. The third kappa shape index (κ3) is 6.19. The fourth-order valence-electron chi connectivity index (χ4n) is 3.11. The number of aromatic nitrogens is 3. The van der Waals surface area contributed by atoms with Crippen LogP contribution in [0.1, 0.15) is 27.2 Å². The SMILES string of the molecule is Cc1cc(S(C)(=O)=O)c(F)nc1Oc1nnc(C(F)(F)F)c(C)c1C(=O)Nc1cccc(S(C)(=O)=O)c1. The summed E-state index contributed by atoms with van der Waals surface area (Å²) in [6, 6.07) is 5.85. The Kier molecular flexibility index (Phi) is 7.29. The lowest BCUT2D eigenvalue weighted by atomic mass is 10.1. The van der Waals surface area contributed by atoms with Crippen molar-refractivity contribution in [2.75, 3.05) is 17.8 Å². The first kappa shape index (κ1) is 27.9. The van der Waals surface area contributed by atoms with E-state index in [1.807, 2.05) is 0 Å². The minimum absolute atomic E-state index is 0.0339. The van der Waals surface area contributed by atoms with Gasteiger partial charge in [0, 0.05) is 23.8 Å². The number of amides is 1. The lowest BCUT2D eigenvalue weighted by molar-refractivity contribution is -0.142. The smallest absolute Gasteiger partial charge is 0.418 e. The molecule has 3 aromatic rings. The molecule has 0 bridgehead atoms. The van der Waals surface area contributed by atoms with Crippen molar-refractivity contribution in [2.45, 2.75) is 29.8 Å². The molecule has 198 valence electrons. The highest BCUT2D eigenvalue weighted by Crippen LogP contribution is 2.35. The number of rotatable bonds is 6. The normalized spacial score (nSPS) is 12.3. The second-order valence-corrected chi connectivity index (χ2v) is 11.9. The van der Waals surface area contributed by atoms with E-state index >= 15 is 0 Å². The molecule has 2 heterocycles. The molecule has 0 spiro atoms. The maximum atomic E-state index is 14.3. The minimum atomic E-state index is -5.00.